The number of hydrogen-bond acceptors (Lipinski definition) is 2. The van der Waals surface area contributed by atoms with Gasteiger partial charge in [-0.1, -0.05) is 6.07 Å². The van der Waals surface area contributed by atoms with Crippen molar-refractivity contribution in [3.63, 3.8) is 0 Å². The van der Waals surface area contributed by atoms with E-state index in [9.17, 15) is 9.18 Å². The van der Waals surface area contributed by atoms with E-state index in [0.29, 0.717) is 0 Å². The Morgan fingerprint density at radius 1 is 1.62 bits per heavy atom. The lowest BCUT2D eigenvalue weighted by molar-refractivity contribution is 0.0954. The Bertz CT molecular complexity index is 336. The van der Waals surface area contributed by atoms with Gasteiger partial charge in [-0.25, -0.2) is 9.82 Å². The lowest BCUT2D eigenvalue weighted by atomic mass is 10.2. The molecule has 13 heavy (non-hydrogen) atoms. The minimum atomic E-state index is -0.437. The van der Waals surface area contributed by atoms with E-state index >= 15 is 0 Å². The first-order valence-electron chi connectivity index (χ1n) is 3.77. The molecule has 4 heteroatoms. The van der Waals surface area contributed by atoms with Gasteiger partial charge in [0, 0.05) is 11.8 Å². The van der Waals surface area contributed by atoms with Gasteiger partial charge in [0.25, 0.3) is 5.91 Å². The minimum Gasteiger partial charge on any atom is -0.267 e. The maximum absolute atomic E-state index is 12.6. The first-order chi connectivity index (χ1) is 6.24. The van der Waals surface area contributed by atoms with Gasteiger partial charge in [0.2, 0.25) is 0 Å². The van der Waals surface area contributed by atoms with Crippen molar-refractivity contribution < 1.29 is 9.18 Å². The molecule has 0 fully saturated rings. The second kappa shape index (κ2) is 4.35. The molecule has 0 aliphatic rings. The summed E-state index contributed by atoms with van der Waals surface area (Å²) in [5.74, 6) is -0.856. The Morgan fingerprint density at radius 3 is 3.00 bits per heavy atom. The second-order valence-corrected chi connectivity index (χ2v) is 2.34. The van der Waals surface area contributed by atoms with Crippen LogP contribution in [-0.4, -0.2) is 12.1 Å². The molecule has 1 aromatic carbocycles. The zero-order chi connectivity index (χ0) is 9.68. The second-order valence-electron chi connectivity index (χ2n) is 2.34. The number of carbonyl (C=O) groups is 1. The monoisotopic (exact) mass is 180 g/mol. The van der Waals surface area contributed by atoms with Crippen molar-refractivity contribution in [2.75, 3.05) is 0 Å². The first kappa shape index (κ1) is 9.38. The number of nitrogens with zero attached hydrogens (tertiary/aromatic N) is 1. The molecule has 0 aliphatic heterocycles. The van der Waals surface area contributed by atoms with Gasteiger partial charge in [0.15, 0.2) is 0 Å². The Kier molecular flexibility index (Phi) is 3.14. The van der Waals surface area contributed by atoms with Gasteiger partial charge in [-0.15, -0.1) is 0 Å². The predicted octanol–water partition coefficient (Wildman–Crippen LogP) is 1.56. The number of carbonyl (C=O) groups excluding carboxylic acids is 1. The summed E-state index contributed by atoms with van der Waals surface area (Å²) in [5, 5.41) is 3.53. The van der Waals surface area contributed by atoms with Crippen molar-refractivity contribution in [1.82, 2.24) is 5.43 Å². The molecular formula is C9H9FN2O. The molecule has 1 rings (SSSR count). The molecule has 0 atom stereocenters. The Labute approximate surface area is 75.3 Å². The highest BCUT2D eigenvalue weighted by Crippen LogP contribution is 2.02. The molecule has 1 amide bonds. The number of hydrogen-bond donors (Lipinski definition) is 1. The van der Waals surface area contributed by atoms with Crippen LogP contribution in [0.3, 0.4) is 0 Å². The normalized spacial score (nSPS) is 10.3. The number of halogens is 1. The molecule has 0 heterocycles. The quantitative estimate of drug-likeness (QED) is 0.544. The van der Waals surface area contributed by atoms with Crippen LogP contribution in [0.4, 0.5) is 4.39 Å². The van der Waals surface area contributed by atoms with Gasteiger partial charge in [-0.2, -0.15) is 5.10 Å². The van der Waals surface area contributed by atoms with Crippen LogP contribution >= 0.6 is 0 Å². The number of rotatable bonds is 2. The molecular weight excluding hydrogens is 171 g/mol. The highest BCUT2D eigenvalue weighted by molar-refractivity contribution is 5.94. The number of benzene rings is 1. The predicted molar refractivity (Wildman–Crippen MR) is 48.0 cm³/mol. The molecule has 68 valence electrons. The van der Waals surface area contributed by atoms with Crippen molar-refractivity contribution in [2.24, 2.45) is 5.10 Å². The van der Waals surface area contributed by atoms with Gasteiger partial charge in [-0.3, -0.25) is 4.79 Å². The van der Waals surface area contributed by atoms with E-state index in [1.54, 1.807) is 6.92 Å². The van der Waals surface area contributed by atoms with Crippen LogP contribution in [0.1, 0.15) is 17.3 Å². The highest BCUT2D eigenvalue weighted by atomic mass is 19.1. The van der Waals surface area contributed by atoms with Crippen molar-refractivity contribution in [1.29, 1.82) is 0 Å². The third-order valence-corrected chi connectivity index (χ3v) is 1.38. The summed E-state index contributed by atoms with van der Waals surface area (Å²) in [6.07, 6.45) is 1.44. The van der Waals surface area contributed by atoms with Crippen LogP contribution in [0.2, 0.25) is 0 Å². The molecule has 0 saturated heterocycles. The molecule has 0 bridgehead atoms. The average Bonchev–Trinajstić information content (AvgIpc) is 2.14. The van der Waals surface area contributed by atoms with E-state index in [2.05, 4.69) is 10.5 Å². The van der Waals surface area contributed by atoms with E-state index in [4.69, 9.17) is 0 Å². The van der Waals surface area contributed by atoms with Crippen molar-refractivity contribution in [2.45, 2.75) is 6.92 Å². The van der Waals surface area contributed by atoms with E-state index in [1.807, 2.05) is 0 Å². The summed E-state index contributed by atoms with van der Waals surface area (Å²) in [5.41, 5.74) is 2.49. The van der Waals surface area contributed by atoms with Crippen molar-refractivity contribution in [3.8, 4) is 0 Å². The highest BCUT2D eigenvalue weighted by Gasteiger charge is 2.03. The summed E-state index contributed by atoms with van der Waals surface area (Å²) in [6.45, 7) is 1.67. The standard InChI is InChI=1S/C9H9FN2O/c1-2-11-12-9(13)7-4-3-5-8(10)6-7/h2-6H,1H3,(H,12,13)/b11-2+. The number of amides is 1. The lowest BCUT2D eigenvalue weighted by Gasteiger charge is -1.98. The van der Waals surface area contributed by atoms with Crippen LogP contribution in [0.15, 0.2) is 29.4 Å². The largest absolute Gasteiger partial charge is 0.271 e. The number of nitrogens with one attached hydrogen (secondary N) is 1. The van der Waals surface area contributed by atoms with Crippen LogP contribution in [-0.2, 0) is 0 Å². The molecule has 1 aromatic rings. The summed E-state index contributed by atoms with van der Waals surface area (Å²) in [7, 11) is 0. The molecule has 0 radical (unpaired) electrons. The van der Waals surface area contributed by atoms with Gasteiger partial charge in [0.1, 0.15) is 5.82 Å². The maximum atomic E-state index is 12.6. The molecule has 0 saturated carbocycles. The van der Waals surface area contributed by atoms with Crippen molar-refractivity contribution in [3.05, 3.63) is 35.6 Å². The van der Waals surface area contributed by atoms with Crippen LogP contribution < -0.4 is 5.43 Å². The molecule has 0 unspecified atom stereocenters. The van der Waals surface area contributed by atoms with Crippen LogP contribution in [0, 0.1) is 5.82 Å². The van der Waals surface area contributed by atoms with Crippen LogP contribution in [0.5, 0.6) is 0 Å². The smallest absolute Gasteiger partial charge is 0.267 e. The lowest BCUT2D eigenvalue weighted by Crippen LogP contribution is -2.17. The number of hydrazone groups is 1. The Hall–Kier alpha value is -1.71. The Balaban J connectivity index is 2.77. The van der Waals surface area contributed by atoms with Crippen molar-refractivity contribution >= 4 is 12.1 Å². The molecule has 0 spiro atoms. The van der Waals surface area contributed by atoms with Gasteiger partial charge >= 0.3 is 0 Å². The SMILES string of the molecule is C/C=N/NC(=O)c1cccc(F)c1. The Morgan fingerprint density at radius 2 is 2.38 bits per heavy atom. The minimum absolute atomic E-state index is 0.255. The van der Waals surface area contributed by atoms with E-state index in [1.165, 1.54) is 24.4 Å². The maximum Gasteiger partial charge on any atom is 0.271 e. The zero-order valence-corrected chi connectivity index (χ0v) is 7.12. The molecule has 1 N–H and O–H groups in total. The van der Waals surface area contributed by atoms with Gasteiger partial charge in [0.05, 0.1) is 0 Å². The van der Waals surface area contributed by atoms with Gasteiger partial charge in [-0.05, 0) is 25.1 Å². The third-order valence-electron chi connectivity index (χ3n) is 1.38. The average molecular weight is 180 g/mol. The fourth-order valence-electron chi connectivity index (χ4n) is 0.817. The fraction of sp³-hybridized carbons (Fsp3) is 0.111. The summed E-state index contributed by atoms with van der Waals surface area (Å²) in [4.78, 5) is 11.2. The van der Waals surface area contributed by atoms with E-state index < -0.39 is 11.7 Å². The van der Waals surface area contributed by atoms with Crippen LogP contribution in [0.25, 0.3) is 0 Å². The third kappa shape index (κ3) is 2.66. The first-order valence-corrected chi connectivity index (χ1v) is 3.77. The molecule has 0 aromatic heterocycles. The summed E-state index contributed by atoms with van der Waals surface area (Å²) in [6, 6.07) is 5.42. The fourth-order valence-corrected chi connectivity index (χ4v) is 0.817. The zero-order valence-electron chi connectivity index (χ0n) is 7.12. The molecule has 0 aliphatic carbocycles. The van der Waals surface area contributed by atoms with E-state index in [0.717, 1.165) is 6.07 Å². The summed E-state index contributed by atoms with van der Waals surface area (Å²) >= 11 is 0. The van der Waals surface area contributed by atoms with Gasteiger partial charge < -0.3 is 0 Å². The van der Waals surface area contributed by atoms with E-state index in [-0.39, 0.29) is 5.56 Å². The summed E-state index contributed by atoms with van der Waals surface area (Å²) < 4.78 is 12.6. The topological polar surface area (TPSA) is 41.5 Å². The molecule has 3 nitrogen and oxygen atoms in total.